The van der Waals surface area contributed by atoms with Crippen molar-refractivity contribution in [2.75, 3.05) is 20.8 Å². The molecule has 0 amide bonds. The van der Waals surface area contributed by atoms with Crippen LogP contribution in [0.1, 0.15) is 16.8 Å². The molecule has 2 heterocycles. The zero-order chi connectivity index (χ0) is 17.3. The van der Waals surface area contributed by atoms with Gasteiger partial charge in [0, 0.05) is 31.7 Å². The Morgan fingerprint density at radius 3 is 2.79 bits per heavy atom. The molecule has 2 aromatic rings. The van der Waals surface area contributed by atoms with Gasteiger partial charge in [0.2, 0.25) is 0 Å². The highest BCUT2D eigenvalue weighted by Gasteiger charge is 2.22. The van der Waals surface area contributed by atoms with Crippen molar-refractivity contribution in [3.05, 3.63) is 49.1 Å². The average molecular weight is 368 g/mol. The van der Waals surface area contributed by atoms with Crippen molar-refractivity contribution in [3.8, 4) is 11.5 Å². The predicted molar refractivity (Wildman–Crippen MR) is 94.6 cm³/mol. The Morgan fingerprint density at radius 1 is 1.29 bits per heavy atom. The number of aromatic nitrogens is 2. The monoisotopic (exact) mass is 367 g/mol. The molecule has 3 rings (SSSR count). The van der Waals surface area contributed by atoms with Crippen molar-refractivity contribution in [2.24, 2.45) is 0 Å². The standard InChI is InChI=1S/C16H18ClN3O3S/c1-22-12-4-3-9(13(17)14(12)23-2)7-20-6-5-11-10(8-20)15(21)19-16(24)18-11/h3-4H,5-8H2,1-2H3,(H2,18,19,21,24). The van der Waals surface area contributed by atoms with E-state index in [-0.39, 0.29) is 5.56 Å². The summed E-state index contributed by atoms with van der Waals surface area (Å²) in [6, 6.07) is 3.75. The topological polar surface area (TPSA) is 70.3 Å². The lowest BCUT2D eigenvalue weighted by atomic mass is 10.1. The second kappa shape index (κ2) is 6.96. The molecule has 0 fully saturated rings. The molecule has 24 heavy (non-hydrogen) atoms. The van der Waals surface area contributed by atoms with Gasteiger partial charge in [-0.05, 0) is 23.8 Å². The predicted octanol–water partition coefficient (Wildman–Crippen LogP) is 2.66. The van der Waals surface area contributed by atoms with Crippen LogP contribution >= 0.6 is 23.8 Å². The Hall–Kier alpha value is -1.83. The quantitative estimate of drug-likeness (QED) is 0.813. The largest absolute Gasteiger partial charge is 0.493 e. The van der Waals surface area contributed by atoms with E-state index in [1.165, 1.54) is 0 Å². The number of halogens is 1. The summed E-state index contributed by atoms with van der Waals surface area (Å²) in [6.07, 6.45) is 0.744. The molecule has 0 unspecified atom stereocenters. The lowest BCUT2D eigenvalue weighted by Gasteiger charge is -2.28. The van der Waals surface area contributed by atoms with E-state index < -0.39 is 0 Å². The highest BCUT2D eigenvalue weighted by molar-refractivity contribution is 7.71. The molecular formula is C16H18ClN3O3S. The fraction of sp³-hybridized carbons (Fsp3) is 0.375. The second-order valence-electron chi connectivity index (χ2n) is 5.60. The highest BCUT2D eigenvalue weighted by atomic mass is 35.5. The van der Waals surface area contributed by atoms with Crippen LogP contribution in [-0.4, -0.2) is 35.6 Å². The number of H-pyrrole nitrogens is 2. The number of hydrogen-bond donors (Lipinski definition) is 2. The highest BCUT2D eigenvalue weighted by Crippen LogP contribution is 2.38. The number of nitrogens with one attached hydrogen (secondary N) is 2. The number of hydrogen-bond acceptors (Lipinski definition) is 5. The molecule has 0 bridgehead atoms. The lowest BCUT2D eigenvalue weighted by molar-refractivity contribution is 0.241. The van der Waals surface area contributed by atoms with Crippen LogP contribution in [0.3, 0.4) is 0 Å². The maximum Gasteiger partial charge on any atom is 0.256 e. The summed E-state index contributed by atoms with van der Waals surface area (Å²) in [4.78, 5) is 20.0. The van der Waals surface area contributed by atoms with Gasteiger partial charge in [-0.2, -0.15) is 0 Å². The van der Waals surface area contributed by atoms with Gasteiger partial charge in [-0.1, -0.05) is 17.7 Å². The van der Waals surface area contributed by atoms with Crippen molar-refractivity contribution >= 4 is 23.8 Å². The minimum Gasteiger partial charge on any atom is -0.493 e. The van der Waals surface area contributed by atoms with Crippen LogP contribution in [-0.2, 0) is 19.5 Å². The number of rotatable bonds is 4. The molecule has 8 heteroatoms. The fourth-order valence-corrected chi connectivity index (χ4v) is 3.45. The molecule has 1 aliphatic rings. The molecular weight excluding hydrogens is 350 g/mol. The van der Waals surface area contributed by atoms with Crippen LogP contribution in [0, 0.1) is 4.77 Å². The smallest absolute Gasteiger partial charge is 0.256 e. The minimum absolute atomic E-state index is 0.128. The summed E-state index contributed by atoms with van der Waals surface area (Å²) in [7, 11) is 3.14. The molecule has 1 aliphatic heterocycles. The van der Waals surface area contributed by atoms with Crippen molar-refractivity contribution in [1.82, 2.24) is 14.9 Å². The van der Waals surface area contributed by atoms with Gasteiger partial charge in [-0.3, -0.25) is 14.7 Å². The zero-order valence-electron chi connectivity index (χ0n) is 13.4. The van der Waals surface area contributed by atoms with Gasteiger partial charge >= 0.3 is 0 Å². The molecule has 1 aromatic heterocycles. The number of methoxy groups -OCH3 is 2. The zero-order valence-corrected chi connectivity index (χ0v) is 15.0. The molecule has 0 atom stereocenters. The van der Waals surface area contributed by atoms with Crippen molar-refractivity contribution in [3.63, 3.8) is 0 Å². The normalized spacial score (nSPS) is 14.3. The van der Waals surface area contributed by atoms with E-state index in [0.29, 0.717) is 34.4 Å². The molecule has 0 radical (unpaired) electrons. The Morgan fingerprint density at radius 2 is 2.08 bits per heavy atom. The molecule has 0 spiro atoms. The van der Waals surface area contributed by atoms with Gasteiger partial charge in [-0.15, -0.1) is 0 Å². The number of aromatic amines is 2. The van der Waals surface area contributed by atoms with Crippen LogP contribution in [0.25, 0.3) is 0 Å². The lowest BCUT2D eigenvalue weighted by Crippen LogP contribution is -2.35. The summed E-state index contributed by atoms with van der Waals surface area (Å²) in [6.45, 7) is 1.97. The van der Waals surface area contributed by atoms with Crippen LogP contribution in [0.5, 0.6) is 11.5 Å². The van der Waals surface area contributed by atoms with Gasteiger partial charge in [-0.25, -0.2) is 0 Å². The first-order valence-corrected chi connectivity index (χ1v) is 8.28. The van der Waals surface area contributed by atoms with Gasteiger partial charge in [0.05, 0.1) is 24.8 Å². The van der Waals surface area contributed by atoms with Gasteiger partial charge in [0.25, 0.3) is 5.56 Å². The van der Waals surface area contributed by atoms with E-state index in [1.807, 2.05) is 12.1 Å². The molecule has 1 aromatic carbocycles. The van der Waals surface area contributed by atoms with E-state index in [0.717, 1.165) is 29.8 Å². The van der Waals surface area contributed by atoms with Crippen LogP contribution in [0.15, 0.2) is 16.9 Å². The Kier molecular flexibility index (Phi) is 4.93. The van der Waals surface area contributed by atoms with E-state index >= 15 is 0 Å². The van der Waals surface area contributed by atoms with Gasteiger partial charge in [0.1, 0.15) is 0 Å². The van der Waals surface area contributed by atoms with E-state index in [2.05, 4.69) is 14.9 Å². The van der Waals surface area contributed by atoms with Crippen molar-refractivity contribution in [2.45, 2.75) is 19.5 Å². The Balaban J connectivity index is 1.86. The average Bonchev–Trinajstić information content (AvgIpc) is 2.56. The summed E-state index contributed by atoms with van der Waals surface area (Å²) >= 11 is 11.5. The van der Waals surface area contributed by atoms with Crippen LogP contribution in [0.2, 0.25) is 5.02 Å². The summed E-state index contributed by atoms with van der Waals surface area (Å²) in [5.74, 6) is 1.12. The summed E-state index contributed by atoms with van der Waals surface area (Å²) in [5.41, 5.74) is 2.44. The van der Waals surface area contributed by atoms with Crippen molar-refractivity contribution in [1.29, 1.82) is 0 Å². The first-order valence-electron chi connectivity index (χ1n) is 7.49. The third kappa shape index (κ3) is 3.19. The molecule has 0 aliphatic carbocycles. The molecule has 0 saturated carbocycles. The fourth-order valence-electron chi connectivity index (χ4n) is 2.94. The van der Waals surface area contributed by atoms with E-state index in [4.69, 9.17) is 33.3 Å². The van der Waals surface area contributed by atoms with Crippen molar-refractivity contribution < 1.29 is 9.47 Å². The number of fused-ring (bicyclic) bond motifs is 1. The number of nitrogens with zero attached hydrogens (tertiary/aromatic N) is 1. The molecule has 6 nitrogen and oxygen atoms in total. The first kappa shape index (κ1) is 17.0. The van der Waals surface area contributed by atoms with E-state index in [9.17, 15) is 4.79 Å². The minimum atomic E-state index is -0.128. The summed E-state index contributed by atoms with van der Waals surface area (Å²) < 4.78 is 11.0. The molecule has 0 saturated heterocycles. The second-order valence-corrected chi connectivity index (χ2v) is 6.39. The molecule has 128 valence electrons. The maximum absolute atomic E-state index is 12.1. The third-order valence-electron chi connectivity index (χ3n) is 4.15. The Bertz CT molecular complexity index is 878. The maximum atomic E-state index is 12.1. The van der Waals surface area contributed by atoms with Gasteiger partial charge < -0.3 is 14.5 Å². The third-order valence-corrected chi connectivity index (χ3v) is 4.77. The van der Waals surface area contributed by atoms with E-state index in [1.54, 1.807) is 14.2 Å². The summed E-state index contributed by atoms with van der Waals surface area (Å²) in [5, 5.41) is 0.532. The van der Waals surface area contributed by atoms with Crippen LogP contribution < -0.4 is 15.0 Å². The number of benzene rings is 1. The number of ether oxygens (including phenoxy) is 2. The van der Waals surface area contributed by atoms with Crippen LogP contribution in [0.4, 0.5) is 0 Å². The first-order chi connectivity index (χ1) is 11.5. The van der Waals surface area contributed by atoms with Gasteiger partial charge in [0.15, 0.2) is 16.3 Å². The Labute approximate surface area is 149 Å². The SMILES string of the molecule is COc1ccc(CN2CCc3[nH]c(=S)[nH]c(=O)c3C2)c(Cl)c1OC. The molecule has 2 N–H and O–H groups in total.